The van der Waals surface area contributed by atoms with Crippen molar-refractivity contribution in [3.05, 3.63) is 65.7 Å². The second-order valence-corrected chi connectivity index (χ2v) is 12.3. The second-order valence-electron chi connectivity index (χ2n) is 12.3. The SMILES string of the molecule is CCCCCCCCCCCCCCc1ccccc1OCCCCOC(=O)C(CC)[N+](C)(C)Cc1ccccc1. The maximum atomic E-state index is 12.9. The van der Waals surface area contributed by atoms with Crippen LogP contribution in [0.4, 0.5) is 0 Å². The van der Waals surface area contributed by atoms with Gasteiger partial charge >= 0.3 is 5.97 Å². The van der Waals surface area contributed by atoms with Crippen LogP contribution in [-0.2, 0) is 22.5 Å². The summed E-state index contributed by atoms with van der Waals surface area (Å²) in [5.74, 6) is 0.917. The fourth-order valence-corrected chi connectivity index (χ4v) is 5.77. The lowest BCUT2D eigenvalue weighted by Gasteiger charge is -2.36. The van der Waals surface area contributed by atoms with Gasteiger partial charge in [-0.05, 0) is 37.3 Å². The van der Waals surface area contributed by atoms with Crippen LogP contribution < -0.4 is 4.74 Å². The molecule has 0 spiro atoms. The number of aryl methyl sites for hydroxylation is 1. The largest absolute Gasteiger partial charge is 0.493 e. The Morgan fingerprint density at radius 1 is 0.683 bits per heavy atom. The van der Waals surface area contributed by atoms with Crippen molar-refractivity contribution in [2.45, 2.75) is 129 Å². The average Bonchev–Trinajstić information content (AvgIpc) is 2.96. The molecule has 0 aliphatic heterocycles. The molecule has 0 amide bonds. The third-order valence-corrected chi connectivity index (χ3v) is 8.25. The molecule has 230 valence electrons. The highest BCUT2D eigenvalue weighted by Gasteiger charge is 2.34. The summed E-state index contributed by atoms with van der Waals surface area (Å²) in [5.41, 5.74) is 2.55. The summed E-state index contributed by atoms with van der Waals surface area (Å²) in [4.78, 5) is 12.9. The van der Waals surface area contributed by atoms with Crippen LogP contribution in [0.2, 0.25) is 0 Å². The number of para-hydroxylation sites is 1. The van der Waals surface area contributed by atoms with Crippen LogP contribution >= 0.6 is 0 Å². The van der Waals surface area contributed by atoms with E-state index in [-0.39, 0.29) is 12.0 Å². The van der Waals surface area contributed by atoms with Gasteiger partial charge in [0.1, 0.15) is 12.3 Å². The summed E-state index contributed by atoms with van der Waals surface area (Å²) < 4.78 is 12.5. The lowest BCUT2D eigenvalue weighted by molar-refractivity contribution is -0.919. The number of rotatable bonds is 24. The van der Waals surface area contributed by atoms with Crippen molar-refractivity contribution in [3.63, 3.8) is 0 Å². The fraction of sp³-hybridized carbons (Fsp3) is 0.649. The van der Waals surface area contributed by atoms with Crippen LogP contribution in [0.3, 0.4) is 0 Å². The average molecular weight is 567 g/mol. The molecule has 0 radical (unpaired) electrons. The number of likely N-dealkylation sites (N-methyl/N-ethyl adjacent to an activating group) is 1. The molecule has 2 rings (SSSR count). The Kier molecular flexibility index (Phi) is 18.2. The van der Waals surface area contributed by atoms with Crippen LogP contribution in [0.5, 0.6) is 5.75 Å². The Morgan fingerprint density at radius 2 is 1.24 bits per heavy atom. The molecule has 0 N–H and O–H groups in total. The smallest absolute Gasteiger partial charge is 0.364 e. The molecule has 0 heterocycles. The zero-order valence-electron chi connectivity index (χ0n) is 26.9. The van der Waals surface area contributed by atoms with Crippen molar-refractivity contribution in [2.24, 2.45) is 0 Å². The Labute approximate surface area is 252 Å². The number of benzene rings is 2. The predicted molar refractivity (Wildman–Crippen MR) is 173 cm³/mol. The highest BCUT2D eigenvalue weighted by molar-refractivity contribution is 5.74. The van der Waals surface area contributed by atoms with Gasteiger partial charge in [0.05, 0.1) is 27.3 Å². The highest BCUT2D eigenvalue weighted by Crippen LogP contribution is 2.22. The quantitative estimate of drug-likeness (QED) is 0.0721. The van der Waals surface area contributed by atoms with E-state index in [2.05, 4.69) is 76.5 Å². The van der Waals surface area contributed by atoms with Crippen molar-refractivity contribution in [1.82, 2.24) is 0 Å². The van der Waals surface area contributed by atoms with Crippen molar-refractivity contribution in [1.29, 1.82) is 0 Å². The zero-order valence-corrected chi connectivity index (χ0v) is 26.9. The molecule has 0 aliphatic rings. The van der Waals surface area contributed by atoms with E-state index in [4.69, 9.17) is 9.47 Å². The summed E-state index contributed by atoms with van der Waals surface area (Å²) in [5, 5.41) is 0. The third-order valence-electron chi connectivity index (χ3n) is 8.25. The molecule has 41 heavy (non-hydrogen) atoms. The van der Waals surface area contributed by atoms with Crippen LogP contribution in [0.25, 0.3) is 0 Å². The monoisotopic (exact) mass is 566 g/mol. The Bertz CT molecular complexity index is 927. The van der Waals surface area contributed by atoms with Crippen LogP contribution in [0.15, 0.2) is 54.6 Å². The minimum absolute atomic E-state index is 0.0953. The van der Waals surface area contributed by atoms with E-state index < -0.39 is 0 Å². The normalized spacial score (nSPS) is 12.3. The van der Waals surface area contributed by atoms with Crippen LogP contribution in [0.1, 0.15) is 121 Å². The van der Waals surface area contributed by atoms with Crippen LogP contribution in [0, 0.1) is 0 Å². The lowest BCUT2D eigenvalue weighted by atomic mass is 10.0. The fourth-order valence-electron chi connectivity index (χ4n) is 5.77. The number of quaternary nitrogens is 1. The Balaban J connectivity index is 1.57. The van der Waals surface area contributed by atoms with Gasteiger partial charge in [-0.3, -0.25) is 0 Å². The van der Waals surface area contributed by atoms with Gasteiger partial charge in [0.25, 0.3) is 0 Å². The summed E-state index contributed by atoms with van der Waals surface area (Å²) in [7, 11) is 4.23. The molecule has 0 bridgehead atoms. The topological polar surface area (TPSA) is 35.5 Å². The first-order valence-corrected chi connectivity index (χ1v) is 16.7. The molecule has 0 saturated carbocycles. The van der Waals surface area contributed by atoms with E-state index in [9.17, 15) is 4.79 Å². The maximum absolute atomic E-state index is 12.9. The second kappa shape index (κ2) is 21.4. The van der Waals surface area contributed by atoms with Gasteiger partial charge in [-0.15, -0.1) is 0 Å². The molecule has 1 atom stereocenters. The number of carbonyl (C=O) groups is 1. The predicted octanol–water partition coefficient (Wildman–Crippen LogP) is 9.69. The standard InChI is InChI=1S/C37H60NO3/c1-5-7-8-9-10-11-12-13-14-15-16-20-27-34-28-21-22-29-36(34)40-30-23-24-31-41-37(39)35(6-2)38(3,4)32-33-25-18-17-19-26-33/h17-19,21-22,25-26,28-29,35H,5-16,20,23-24,27,30-32H2,1-4H3/q+1. The third kappa shape index (κ3) is 14.9. The number of unbranched alkanes of at least 4 members (excludes halogenated alkanes) is 12. The van der Waals surface area contributed by atoms with Crippen LogP contribution in [-0.4, -0.2) is 43.8 Å². The highest BCUT2D eigenvalue weighted by atomic mass is 16.5. The van der Waals surface area contributed by atoms with E-state index in [1.807, 2.05) is 6.07 Å². The zero-order chi connectivity index (χ0) is 29.6. The van der Waals surface area contributed by atoms with Gasteiger partial charge in [0.15, 0.2) is 6.04 Å². The summed E-state index contributed by atoms with van der Waals surface area (Å²) in [6.07, 6.45) is 20.0. The molecular formula is C37H60NO3+. The van der Waals surface area contributed by atoms with Gasteiger partial charge in [-0.1, -0.05) is 133 Å². The van der Waals surface area contributed by atoms with Gasteiger partial charge in [0, 0.05) is 12.0 Å². The molecule has 4 heteroatoms. The molecule has 0 saturated heterocycles. The van der Waals surface area contributed by atoms with E-state index in [0.29, 0.717) is 17.7 Å². The van der Waals surface area contributed by atoms with Gasteiger partial charge in [0.2, 0.25) is 0 Å². The first-order chi connectivity index (χ1) is 20.0. The van der Waals surface area contributed by atoms with Gasteiger partial charge in [-0.25, -0.2) is 4.79 Å². The molecule has 0 fully saturated rings. The van der Waals surface area contributed by atoms with Gasteiger partial charge < -0.3 is 14.0 Å². The van der Waals surface area contributed by atoms with Crippen molar-refractivity contribution in [2.75, 3.05) is 27.3 Å². The summed E-state index contributed by atoms with van der Waals surface area (Å²) in [6, 6.07) is 18.7. The molecule has 2 aromatic rings. The number of esters is 1. The van der Waals surface area contributed by atoms with Crippen molar-refractivity contribution in [3.8, 4) is 5.75 Å². The van der Waals surface area contributed by atoms with Gasteiger partial charge in [-0.2, -0.15) is 0 Å². The van der Waals surface area contributed by atoms with E-state index >= 15 is 0 Å². The number of hydrogen-bond donors (Lipinski definition) is 0. The summed E-state index contributed by atoms with van der Waals surface area (Å²) in [6.45, 7) is 6.26. The van der Waals surface area contributed by atoms with E-state index in [1.165, 1.54) is 88.2 Å². The minimum atomic E-state index is -0.168. The van der Waals surface area contributed by atoms with E-state index in [0.717, 1.165) is 38.0 Å². The summed E-state index contributed by atoms with van der Waals surface area (Å²) >= 11 is 0. The number of nitrogens with zero attached hydrogens (tertiary/aromatic N) is 1. The van der Waals surface area contributed by atoms with Crippen molar-refractivity contribution < 1.29 is 18.8 Å². The molecule has 0 aliphatic carbocycles. The molecule has 2 aromatic carbocycles. The Morgan fingerprint density at radius 3 is 1.88 bits per heavy atom. The minimum Gasteiger partial charge on any atom is -0.493 e. The maximum Gasteiger partial charge on any atom is 0.364 e. The van der Waals surface area contributed by atoms with Crippen molar-refractivity contribution >= 4 is 5.97 Å². The van der Waals surface area contributed by atoms with E-state index in [1.54, 1.807) is 0 Å². The molecular weight excluding hydrogens is 506 g/mol. The first-order valence-electron chi connectivity index (χ1n) is 16.7. The number of ether oxygens (including phenoxy) is 2. The Hall–Kier alpha value is -2.33. The lowest BCUT2D eigenvalue weighted by Crippen LogP contribution is -2.52. The molecule has 1 unspecified atom stereocenters. The molecule has 0 aromatic heterocycles. The molecule has 4 nitrogen and oxygen atoms in total. The first kappa shape index (κ1) is 34.9. The number of hydrogen-bond acceptors (Lipinski definition) is 3. The number of carbonyl (C=O) groups excluding carboxylic acids is 1.